The lowest BCUT2D eigenvalue weighted by Crippen LogP contribution is -1.92. The van der Waals surface area contributed by atoms with Crippen LogP contribution in [0.2, 0.25) is 5.15 Å². The highest BCUT2D eigenvalue weighted by atomic mass is 79.9. The van der Waals surface area contributed by atoms with Gasteiger partial charge in [-0.1, -0.05) is 27.5 Å². The zero-order valence-corrected chi connectivity index (χ0v) is 8.17. The molecule has 0 saturated heterocycles. The van der Waals surface area contributed by atoms with Crippen molar-refractivity contribution in [2.24, 2.45) is 0 Å². The summed E-state index contributed by atoms with van der Waals surface area (Å²) in [6, 6.07) is 1.39. The Bertz CT molecular complexity index is 318. The van der Waals surface area contributed by atoms with Crippen LogP contribution in [0.5, 0.6) is 0 Å². The first-order valence-corrected chi connectivity index (χ1v) is 4.50. The molecular formula is C6H4BrClN2O2. The third-order valence-electron chi connectivity index (χ3n) is 1.25. The average molecular weight is 251 g/mol. The van der Waals surface area contributed by atoms with Gasteiger partial charge in [0, 0.05) is 17.0 Å². The molecule has 12 heavy (non-hydrogen) atoms. The molecule has 0 unspecified atom stereocenters. The van der Waals surface area contributed by atoms with E-state index < -0.39 is 4.92 Å². The van der Waals surface area contributed by atoms with Crippen LogP contribution in [0.15, 0.2) is 12.3 Å². The number of nitro groups is 1. The Kier molecular flexibility index (Phi) is 2.99. The van der Waals surface area contributed by atoms with Gasteiger partial charge in [-0.3, -0.25) is 10.1 Å². The first-order valence-electron chi connectivity index (χ1n) is 3.00. The molecule has 0 bridgehead atoms. The molecule has 64 valence electrons. The lowest BCUT2D eigenvalue weighted by Gasteiger charge is -1.97. The van der Waals surface area contributed by atoms with Crippen molar-refractivity contribution in [1.82, 2.24) is 4.98 Å². The van der Waals surface area contributed by atoms with Gasteiger partial charge in [0.2, 0.25) is 0 Å². The van der Waals surface area contributed by atoms with Gasteiger partial charge in [-0.15, -0.1) is 0 Å². The Morgan fingerprint density at radius 2 is 2.42 bits per heavy atom. The normalized spacial score (nSPS) is 9.83. The van der Waals surface area contributed by atoms with Crippen molar-refractivity contribution in [2.45, 2.75) is 5.33 Å². The maximum Gasteiger partial charge on any atom is 0.287 e. The molecule has 4 nitrogen and oxygen atoms in total. The van der Waals surface area contributed by atoms with E-state index in [1.165, 1.54) is 6.07 Å². The average Bonchev–Trinajstić information content (AvgIpc) is 2.05. The van der Waals surface area contributed by atoms with Crippen LogP contribution in [0.25, 0.3) is 0 Å². The van der Waals surface area contributed by atoms with Gasteiger partial charge in [0.25, 0.3) is 5.69 Å². The van der Waals surface area contributed by atoms with Gasteiger partial charge < -0.3 is 0 Å². The van der Waals surface area contributed by atoms with Gasteiger partial charge in [-0.2, -0.15) is 0 Å². The molecule has 1 heterocycles. The number of nitrogens with zero attached hydrogens (tertiary/aromatic N) is 2. The van der Waals surface area contributed by atoms with Crippen molar-refractivity contribution in [3.63, 3.8) is 0 Å². The molecule has 0 aliphatic rings. The summed E-state index contributed by atoms with van der Waals surface area (Å²) in [4.78, 5) is 13.4. The number of aromatic nitrogens is 1. The number of halogens is 2. The molecule has 0 amide bonds. The first kappa shape index (κ1) is 9.41. The van der Waals surface area contributed by atoms with Crippen LogP contribution >= 0.6 is 27.5 Å². The summed E-state index contributed by atoms with van der Waals surface area (Å²) >= 11 is 8.78. The van der Waals surface area contributed by atoms with Crippen molar-refractivity contribution in [3.05, 3.63) is 33.1 Å². The van der Waals surface area contributed by atoms with Crippen LogP contribution in [0.4, 0.5) is 5.69 Å². The van der Waals surface area contributed by atoms with E-state index in [9.17, 15) is 10.1 Å². The highest BCUT2D eigenvalue weighted by molar-refractivity contribution is 9.08. The zero-order chi connectivity index (χ0) is 9.14. The van der Waals surface area contributed by atoms with Gasteiger partial charge in [-0.05, 0) is 0 Å². The van der Waals surface area contributed by atoms with Crippen LogP contribution in [0.3, 0.4) is 0 Å². The van der Waals surface area contributed by atoms with E-state index in [4.69, 9.17) is 11.6 Å². The number of rotatable bonds is 2. The summed E-state index contributed by atoms with van der Waals surface area (Å²) in [5, 5.41) is 11.0. The van der Waals surface area contributed by atoms with E-state index in [1.54, 1.807) is 0 Å². The summed E-state index contributed by atoms with van der Waals surface area (Å²) in [6.07, 6.45) is 1.13. The molecule has 0 radical (unpaired) electrons. The molecule has 0 aliphatic heterocycles. The fraction of sp³-hybridized carbons (Fsp3) is 0.167. The number of pyridine rings is 1. The Hall–Kier alpha value is -0.680. The fourth-order valence-corrected chi connectivity index (χ4v) is 1.43. The van der Waals surface area contributed by atoms with Gasteiger partial charge in [0.15, 0.2) is 0 Å². The Labute approximate surface area is 81.8 Å². The van der Waals surface area contributed by atoms with Gasteiger partial charge in [0.05, 0.1) is 4.92 Å². The molecule has 0 fully saturated rings. The molecule has 0 N–H and O–H groups in total. The third kappa shape index (κ3) is 1.92. The SMILES string of the molecule is O=[N+]([O-])c1cnc(Cl)c(CBr)c1. The van der Waals surface area contributed by atoms with Crippen molar-refractivity contribution in [2.75, 3.05) is 0 Å². The molecule has 0 aromatic carbocycles. The minimum Gasteiger partial charge on any atom is -0.258 e. The minimum atomic E-state index is -0.504. The van der Waals surface area contributed by atoms with E-state index >= 15 is 0 Å². The second kappa shape index (κ2) is 3.82. The summed E-state index contributed by atoms with van der Waals surface area (Å²) in [6.45, 7) is 0. The minimum absolute atomic E-state index is 0.0474. The van der Waals surface area contributed by atoms with E-state index in [0.717, 1.165) is 6.20 Å². The van der Waals surface area contributed by atoms with Crippen LogP contribution in [0.1, 0.15) is 5.56 Å². The Morgan fingerprint density at radius 1 is 1.75 bits per heavy atom. The quantitative estimate of drug-likeness (QED) is 0.351. The second-order valence-electron chi connectivity index (χ2n) is 2.03. The predicted octanol–water partition coefficient (Wildman–Crippen LogP) is 2.54. The van der Waals surface area contributed by atoms with Crippen LogP contribution in [0, 0.1) is 10.1 Å². The predicted molar refractivity (Wildman–Crippen MR) is 48.5 cm³/mol. The monoisotopic (exact) mass is 250 g/mol. The molecule has 1 rings (SSSR count). The Morgan fingerprint density at radius 3 is 2.92 bits per heavy atom. The zero-order valence-electron chi connectivity index (χ0n) is 5.83. The Balaban J connectivity index is 3.13. The summed E-state index contributed by atoms with van der Waals surface area (Å²) in [5.74, 6) is 0. The maximum absolute atomic E-state index is 10.3. The molecule has 0 spiro atoms. The smallest absolute Gasteiger partial charge is 0.258 e. The number of hydrogen-bond acceptors (Lipinski definition) is 3. The van der Waals surface area contributed by atoms with Crippen molar-refractivity contribution >= 4 is 33.2 Å². The van der Waals surface area contributed by atoms with E-state index in [2.05, 4.69) is 20.9 Å². The van der Waals surface area contributed by atoms with Gasteiger partial charge in [-0.25, -0.2) is 4.98 Å². The van der Waals surface area contributed by atoms with Crippen LogP contribution in [-0.2, 0) is 5.33 Å². The highest BCUT2D eigenvalue weighted by Gasteiger charge is 2.09. The van der Waals surface area contributed by atoms with Crippen LogP contribution < -0.4 is 0 Å². The molecule has 0 saturated carbocycles. The molecule has 1 aromatic rings. The molecule has 0 atom stereocenters. The van der Waals surface area contributed by atoms with Crippen molar-refractivity contribution in [1.29, 1.82) is 0 Å². The summed E-state index contributed by atoms with van der Waals surface area (Å²) in [7, 11) is 0. The van der Waals surface area contributed by atoms with Gasteiger partial charge in [0.1, 0.15) is 11.3 Å². The molecule has 1 aromatic heterocycles. The van der Waals surface area contributed by atoms with E-state index in [-0.39, 0.29) is 10.8 Å². The molecule has 0 aliphatic carbocycles. The number of alkyl halides is 1. The standard InChI is InChI=1S/C6H4BrClN2O2/c7-2-4-1-5(10(11)12)3-9-6(4)8/h1,3H,2H2. The molecule has 6 heteroatoms. The highest BCUT2D eigenvalue weighted by Crippen LogP contribution is 2.20. The second-order valence-corrected chi connectivity index (χ2v) is 2.95. The third-order valence-corrected chi connectivity index (χ3v) is 2.20. The van der Waals surface area contributed by atoms with Crippen LogP contribution in [-0.4, -0.2) is 9.91 Å². The van der Waals surface area contributed by atoms with Gasteiger partial charge >= 0.3 is 0 Å². The van der Waals surface area contributed by atoms with Crippen molar-refractivity contribution in [3.8, 4) is 0 Å². The summed E-state index contributed by atoms with van der Waals surface area (Å²) in [5.41, 5.74) is 0.569. The maximum atomic E-state index is 10.3. The topological polar surface area (TPSA) is 56.0 Å². The lowest BCUT2D eigenvalue weighted by molar-refractivity contribution is -0.385. The fourth-order valence-electron chi connectivity index (χ4n) is 0.675. The van der Waals surface area contributed by atoms with Crippen molar-refractivity contribution < 1.29 is 4.92 Å². The number of hydrogen-bond donors (Lipinski definition) is 0. The molecular weight excluding hydrogens is 247 g/mol. The van der Waals surface area contributed by atoms with E-state index in [0.29, 0.717) is 10.9 Å². The first-order chi connectivity index (χ1) is 5.65. The largest absolute Gasteiger partial charge is 0.287 e. The summed E-state index contributed by atoms with van der Waals surface area (Å²) < 4.78 is 0. The lowest BCUT2D eigenvalue weighted by atomic mass is 10.3. The van der Waals surface area contributed by atoms with E-state index in [1.807, 2.05) is 0 Å².